The van der Waals surface area contributed by atoms with E-state index in [-0.39, 0.29) is 5.41 Å². The number of piperazine rings is 1. The lowest BCUT2D eigenvalue weighted by Gasteiger charge is -2.34. The predicted molar refractivity (Wildman–Crippen MR) is 125 cm³/mol. The Morgan fingerprint density at radius 2 is 1.41 bits per heavy atom. The molecule has 1 saturated heterocycles. The fraction of sp³-hybridized carbons (Fsp3) is 0.500. The van der Waals surface area contributed by atoms with Crippen LogP contribution < -0.4 is 14.2 Å². The normalized spacial score (nSPS) is 16.1. The van der Waals surface area contributed by atoms with Crippen molar-refractivity contribution in [3.63, 3.8) is 0 Å². The summed E-state index contributed by atoms with van der Waals surface area (Å²) in [6, 6.07) is 11.1. The van der Waals surface area contributed by atoms with Gasteiger partial charge in [0, 0.05) is 38.3 Å². The summed E-state index contributed by atoms with van der Waals surface area (Å²) in [5.41, 5.74) is 2.07. The van der Waals surface area contributed by atoms with E-state index < -0.39 is 10.0 Å². The van der Waals surface area contributed by atoms with Gasteiger partial charge in [-0.15, -0.1) is 0 Å². The molecule has 0 atom stereocenters. The van der Waals surface area contributed by atoms with Crippen molar-refractivity contribution in [2.75, 3.05) is 47.5 Å². The van der Waals surface area contributed by atoms with E-state index >= 15 is 0 Å². The lowest BCUT2D eigenvalue weighted by Crippen LogP contribution is -2.48. The molecule has 1 aliphatic heterocycles. The van der Waals surface area contributed by atoms with Crippen molar-refractivity contribution in [1.29, 1.82) is 0 Å². The molecule has 0 N–H and O–H groups in total. The third-order valence-corrected chi connectivity index (χ3v) is 7.78. The van der Waals surface area contributed by atoms with Gasteiger partial charge in [-0.05, 0) is 29.2 Å². The topological polar surface area (TPSA) is 68.3 Å². The van der Waals surface area contributed by atoms with Crippen LogP contribution in [0.25, 0.3) is 0 Å². The summed E-state index contributed by atoms with van der Waals surface area (Å²) in [7, 11) is 1.28. The molecule has 0 unspecified atom stereocenters. The van der Waals surface area contributed by atoms with Gasteiger partial charge < -0.3 is 14.2 Å². The van der Waals surface area contributed by atoms with Crippen LogP contribution in [-0.4, -0.2) is 65.1 Å². The molecule has 2 aromatic carbocycles. The van der Waals surface area contributed by atoms with E-state index in [1.165, 1.54) is 0 Å². The zero-order chi connectivity index (χ0) is 23.5. The minimum Gasteiger partial charge on any atom is -0.493 e. The van der Waals surface area contributed by atoms with Crippen molar-refractivity contribution in [1.82, 2.24) is 9.21 Å². The smallest absolute Gasteiger partial charge is 0.243 e. The molecular formula is C24H34N2O5S. The molecule has 7 nitrogen and oxygen atoms in total. The van der Waals surface area contributed by atoms with Crippen LogP contribution in [0.3, 0.4) is 0 Å². The average molecular weight is 463 g/mol. The van der Waals surface area contributed by atoms with Crippen LogP contribution >= 0.6 is 0 Å². The number of rotatable bonds is 7. The molecule has 0 amide bonds. The van der Waals surface area contributed by atoms with E-state index in [0.717, 1.165) is 11.1 Å². The number of ether oxygens (including phenoxy) is 3. The van der Waals surface area contributed by atoms with Crippen molar-refractivity contribution in [3.8, 4) is 17.2 Å². The van der Waals surface area contributed by atoms with Gasteiger partial charge in [-0.3, -0.25) is 4.90 Å². The van der Waals surface area contributed by atoms with Gasteiger partial charge in [-0.1, -0.05) is 39.0 Å². The van der Waals surface area contributed by atoms with E-state index in [1.807, 2.05) is 24.3 Å². The van der Waals surface area contributed by atoms with Gasteiger partial charge in [0.05, 0.1) is 26.2 Å². The first kappa shape index (κ1) is 24.4. The molecule has 0 radical (unpaired) electrons. The second kappa shape index (κ2) is 9.68. The molecule has 1 heterocycles. The lowest BCUT2D eigenvalue weighted by atomic mass is 9.87. The molecule has 0 bridgehead atoms. The second-order valence-electron chi connectivity index (χ2n) is 8.95. The molecule has 0 spiro atoms. The minimum atomic E-state index is -3.51. The summed E-state index contributed by atoms with van der Waals surface area (Å²) in [5, 5.41) is 0. The number of hydrogen-bond donors (Lipinski definition) is 0. The third-order valence-electron chi connectivity index (χ3n) is 5.87. The summed E-state index contributed by atoms with van der Waals surface area (Å²) >= 11 is 0. The number of methoxy groups -OCH3 is 3. The van der Waals surface area contributed by atoms with E-state index in [0.29, 0.717) is 54.9 Å². The summed E-state index contributed by atoms with van der Waals surface area (Å²) in [6.07, 6.45) is 0. The van der Waals surface area contributed by atoms with E-state index in [4.69, 9.17) is 14.2 Å². The summed E-state index contributed by atoms with van der Waals surface area (Å²) < 4.78 is 44.2. The Bertz CT molecular complexity index is 1020. The molecule has 0 aromatic heterocycles. The van der Waals surface area contributed by atoms with Crippen LogP contribution in [-0.2, 0) is 22.0 Å². The quantitative estimate of drug-likeness (QED) is 0.627. The third kappa shape index (κ3) is 5.03. The molecule has 1 aliphatic rings. The molecule has 2 aromatic rings. The monoisotopic (exact) mass is 462 g/mol. The van der Waals surface area contributed by atoms with Crippen LogP contribution in [0, 0.1) is 0 Å². The number of sulfonamides is 1. The van der Waals surface area contributed by atoms with Crippen molar-refractivity contribution in [3.05, 3.63) is 47.5 Å². The maximum absolute atomic E-state index is 13.1. The van der Waals surface area contributed by atoms with Crippen molar-refractivity contribution in [2.24, 2.45) is 0 Å². The van der Waals surface area contributed by atoms with Gasteiger partial charge in [0.25, 0.3) is 0 Å². The molecule has 0 saturated carbocycles. The van der Waals surface area contributed by atoms with Gasteiger partial charge in [-0.25, -0.2) is 8.42 Å². The SMILES string of the molecule is COc1ccc(CN2CCN(S(=O)(=O)c3ccc(C(C)(C)C)cc3)CC2)c(OC)c1OC. The Morgan fingerprint density at radius 1 is 0.812 bits per heavy atom. The summed E-state index contributed by atoms with van der Waals surface area (Å²) in [4.78, 5) is 2.57. The zero-order valence-corrected chi connectivity index (χ0v) is 20.7. The van der Waals surface area contributed by atoms with Gasteiger partial charge in [-0.2, -0.15) is 4.31 Å². The average Bonchev–Trinajstić information content (AvgIpc) is 2.78. The minimum absolute atomic E-state index is 0.0148. The standard InChI is InChI=1S/C24H34N2O5S/c1-24(2,3)19-8-10-20(11-9-19)32(27,28)26-15-13-25(14-16-26)17-18-7-12-21(29-4)23(31-6)22(18)30-5/h7-12H,13-17H2,1-6H3. The molecule has 176 valence electrons. The Balaban J connectivity index is 1.69. The van der Waals surface area contributed by atoms with Crippen molar-refractivity contribution < 1.29 is 22.6 Å². The zero-order valence-electron chi connectivity index (χ0n) is 19.8. The van der Waals surface area contributed by atoms with Crippen LogP contribution in [0.4, 0.5) is 0 Å². The molecule has 1 fully saturated rings. The van der Waals surface area contributed by atoms with Gasteiger partial charge in [0.15, 0.2) is 11.5 Å². The Hall–Kier alpha value is -2.29. The Morgan fingerprint density at radius 3 is 1.91 bits per heavy atom. The maximum Gasteiger partial charge on any atom is 0.243 e. The lowest BCUT2D eigenvalue weighted by molar-refractivity contribution is 0.179. The highest BCUT2D eigenvalue weighted by Gasteiger charge is 2.29. The first-order valence-corrected chi connectivity index (χ1v) is 12.2. The molecule has 32 heavy (non-hydrogen) atoms. The second-order valence-corrected chi connectivity index (χ2v) is 10.9. The molecule has 3 rings (SSSR count). The summed E-state index contributed by atoms with van der Waals surface area (Å²) in [6.45, 7) is 9.14. The van der Waals surface area contributed by atoms with Crippen molar-refractivity contribution >= 4 is 10.0 Å². The highest BCUT2D eigenvalue weighted by molar-refractivity contribution is 7.89. The largest absolute Gasteiger partial charge is 0.493 e. The number of hydrogen-bond acceptors (Lipinski definition) is 6. The maximum atomic E-state index is 13.1. The van der Waals surface area contributed by atoms with Crippen LogP contribution in [0.5, 0.6) is 17.2 Å². The molecule has 0 aliphatic carbocycles. The van der Waals surface area contributed by atoms with Gasteiger partial charge >= 0.3 is 0 Å². The van der Waals surface area contributed by atoms with Crippen LogP contribution in [0.1, 0.15) is 31.9 Å². The summed E-state index contributed by atoms with van der Waals surface area (Å²) in [5.74, 6) is 1.81. The van der Waals surface area contributed by atoms with Gasteiger partial charge in [0.2, 0.25) is 15.8 Å². The van der Waals surface area contributed by atoms with E-state index in [1.54, 1.807) is 37.8 Å². The highest BCUT2D eigenvalue weighted by Crippen LogP contribution is 2.40. The van der Waals surface area contributed by atoms with Crippen molar-refractivity contribution in [2.45, 2.75) is 37.6 Å². The van der Waals surface area contributed by atoms with E-state index in [2.05, 4.69) is 25.7 Å². The van der Waals surface area contributed by atoms with E-state index in [9.17, 15) is 8.42 Å². The first-order chi connectivity index (χ1) is 15.1. The first-order valence-electron chi connectivity index (χ1n) is 10.7. The fourth-order valence-corrected chi connectivity index (χ4v) is 5.35. The molecular weight excluding hydrogens is 428 g/mol. The van der Waals surface area contributed by atoms with Crippen LogP contribution in [0.2, 0.25) is 0 Å². The number of benzene rings is 2. The number of nitrogens with zero attached hydrogens (tertiary/aromatic N) is 2. The Kier molecular flexibility index (Phi) is 7.37. The fourth-order valence-electron chi connectivity index (χ4n) is 3.93. The predicted octanol–water partition coefficient (Wildman–Crippen LogP) is 3.52. The van der Waals surface area contributed by atoms with Crippen LogP contribution in [0.15, 0.2) is 41.3 Å². The highest BCUT2D eigenvalue weighted by atomic mass is 32.2. The van der Waals surface area contributed by atoms with Gasteiger partial charge in [0.1, 0.15) is 0 Å². The Labute approximate surface area is 191 Å². The molecule has 8 heteroatoms.